The Morgan fingerprint density at radius 3 is 1.43 bits per heavy atom. The Labute approximate surface area is 323 Å². The van der Waals surface area contributed by atoms with Crippen molar-refractivity contribution in [3.8, 4) is 0 Å². The lowest BCUT2D eigenvalue weighted by Crippen LogP contribution is -2.27. The van der Waals surface area contributed by atoms with Crippen LogP contribution in [0, 0.1) is 5.92 Å². The van der Waals surface area contributed by atoms with Crippen LogP contribution in [-0.4, -0.2) is 59.7 Å². The van der Waals surface area contributed by atoms with Gasteiger partial charge in [-0.1, -0.05) is 174 Å². The van der Waals surface area contributed by atoms with E-state index in [1.165, 1.54) is 135 Å². The van der Waals surface area contributed by atoms with Gasteiger partial charge in [0.25, 0.3) is 0 Å². The number of hydrogen-bond acceptors (Lipinski definition) is 6. The monoisotopic (exact) mass is 740 g/mol. The summed E-state index contributed by atoms with van der Waals surface area (Å²) in [6.07, 6.45) is 39.4. The summed E-state index contributed by atoms with van der Waals surface area (Å²) < 4.78 is 5.85. The van der Waals surface area contributed by atoms with Crippen LogP contribution in [0.3, 0.4) is 0 Å². The van der Waals surface area contributed by atoms with Crippen molar-refractivity contribution in [1.82, 2.24) is 4.90 Å². The first kappa shape index (κ1) is 50.4. The fourth-order valence-electron chi connectivity index (χ4n) is 7.04. The molecule has 0 aliphatic heterocycles. The Morgan fingerprint density at radius 2 is 0.922 bits per heavy atom. The summed E-state index contributed by atoms with van der Waals surface area (Å²) in [6, 6.07) is 0. The molecule has 0 aliphatic carbocycles. The van der Waals surface area contributed by atoms with Crippen molar-refractivity contribution in [2.45, 2.75) is 233 Å². The van der Waals surface area contributed by atoms with Gasteiger partial charge in [0, 0.05) is 18.8 Å². The van der Waals surface area contributed by atoms with E-state index in [4.69, 9.17) is 4.74 Å². The molecule has 304 valence electrons. The average molecular weight is 740 g/mol. The summed E-state index contributed by atoms with van der Waals surface area (Å²) in [6.45, 7) is 11.1. The Bertz CT molecular complexity index is 704. The summed E-state index contributed by atoms with van der Waals surface area (Å²) in [7, 11) is 0. The third-order valence-electron chi connectivity index (χ3n) is 10.5. The quantitative estimate of drug-likeness (QED) is 0.0497. The van der Waals surface area contributed by atoms with Crippen LogP contribution in [0.1, 0.15) is 233 Å². The molecule has 51 heavy (non-hydrogen) atoms. The third kappa shape index (κ3) is 37.5. The zero-order valence-electron chi connectivity index (χ0n) is 34.7. The molecule has 0 amide bonds. The Hall–Kier alpha value is -0.590. The van der Waals surface area contributed by atoms with Gasteiger partial charge in [-0.3, -0.25) is 9.59 Å². The molecule has 6 heteroatoms. The van der Waals surface area contributed by atoms with Crippen molar-refractivity contribution in [2.75, 3.05) is 38.6 Å². The zero-order chi connectivity index (χ0) is 37.3. The van der Waals surface area contributed by atoms with E-state index in [1.54, 1.807) is 11.8 Å². The van der Waals surface area contributed by atoms with Crippen LogP contribution in [0.5, 0.6) is 0 Å². The number of nitrogens with zero attached hydrogens (tertiary/aromatic N) is 1. The van der Waals surface area contributed by atoms with Crippen molar-refractivity contribution < 1.29 is 19.4 Å². The van der Waals surface area contributed by atoms with E-state index in [0.717, 1.165) is 102 Å². The molecule has 0 aliphatic rings. The van der Waals surface area contributed by atoms with Gasteiger partial charge in [-0.2, -0.15) is 0 Å². The summed E-state index contributed by atoms with van der Waals surface area (Å²) in [5, 5.41) is 9.59. The number of thioether (sulfide) groups is 1. The van der Waals surface area contributed by atoms with Crippen molar-refractivity contribution in [2.24, 2.45) is 5.92 Å². The van der Waals surface area contributed by atoms with E-state index in [9.17, 15) is 14.7 Å². The van der Waals surface area contributed by atoms with Crippen molar-refractivity contribution in [3.63, 3.8) is 0 Å². The van der Waals surface area contributed by atoms with Gasteiger partial charge in [-0.25, -0.2) is 0 Å². The first-order chi connectivity index (χ1) is 25.1. The van der Waals surface area contributed by atoms with Crippen LogP contribution < -0.4 is 0 Å². The number of esters is 1. The van der Waals surface area contributed by atoms with E-state index in [-0.39, 0.29) is 11.9 Å². The number of aliphatic hydroxyl groups is 1. The summed E-state index contributed by atoms with van der Waals surface area (Å²) >= 11 is 1.56. The fraction of sp³-hybridized carbons (Fsp3) is 0.956. The molecule has 0 radical (unpaired) electrons. The van der Waals surface area contributed by atoms with Crippen LogP contribution >= 0.6 is 11.8 Å². The van der Waals surface area contributed by atoms with Crippen LogP contribution in [0.15, 0.2) is 0 Å². The second-order valence-electron chi connectivity index (χ2n) is 15.5. The molecule has 0 rings (SSSR count). The molecule has 0 aromatic heterocycles. The number of unbranched alkanes of at least 4 members (excludes halogenated alkanes) is 24. The molecule has 0 atom stereocenters. The van der Waals surface area contributed by atoms with E-state index in [1.807, 2.05) is 0 Å². The van der Waals surface area contributed by atoms with Gasteiger partial charge < -0.3 is 14.7 Å². The number of aliphatic hydroxyl groups excluding tert-OH is 1. The number of carbonyl (C=O) groups excluding carboxylic acids is 2. The van der Waals surface area contributed by atoms with Gasteiger partial charge in [0.05, 0.1) is 12.5 Å². The number of rotatable bonds is 42. The van der Waals surface area contributed by atoms with E-state index in [0.29, 0.717) is 18.3 Å². The highest BCUT2D eigenvalue weighted by molar-refractivity contribution is 8.13. The van der Waals surface area contributed by atoms with Gasteiger partial charge in [-0.05, 0) is 83.8 Å². The number of ether oxygens (including phenoxy) is 1. The van der Waals surface area contributed by atoms with E-state index in [2.05, 4.69) is 25.7 Å². The Kier molecular flexibility index (Phi) is 41.7. The number of carbonyl (C=O) groups is 2. The third-order valence-corrected chi connectivity index (χ3v) is 11.5. The van der Waals surface area contributed by atoms with Crippen molar-refractivity contribution >= 4 is 22.8 Å². The minimum absolute atomic E-state index is 0.0693. The molecule has 0 saturated heterocycles. The maximum atomic E-state index is 13.0. The standard InChI is InChI=1S/C45H89NO4S/c1-4-7-10-13-16-19-27-36-44(48)51-42-33-23-21-29-38-46(39-30-24-31-40-47)37-28-20-22-32-41-50-45(49)43(34-25-17-14-11-8-5-2)35-26-18-15-12-9-6-3/h43,47H,4-42H2,1-3H3. The van der Waals surface area contributed by atoms with Gasteiger partial charge in [0.2, 0.25) is 0 Å². The van der Waals surface area contributed by atoms with Gasteiger partial charge >= 0.3 is 5.97 Å². The summed E-state index contributed by atoms with van der Waals surface area (Å²) in [5.74, 6) is 1.15. The molecular weight excluding hydrogens is 651 g/mol. The Balaban J connectivity index is 4.21. The molecule has 0 aromatic rings. The molecule has 0 saturated carbocycles. The van der Waals surface area contributed by atoms with E-state index < -0.39 is 0 Å². The maximum absolute atomic E-state index is 13.0. The predicted octanol–water partition coefficient (Wildman–Crippen LogP) is 13.6. The molecule has 5 nitrogen and oxygen atoms in total. The Morgan fingerprint density at radius 1 is 0.510 bits per heavy atom. The average Bonchev–Trinajstić information content (AvgIpc) is 3.13. The van der Waals surface area contributed by atoms with Crippen molar-refractivity contribution in [3.05, 3.63) is 0 Å². The first-order valence-corrected chi connectivity index (χ1v) is 23.7. The first-order valence-electron chi connectivity index (χ1n) is 22.7. The lowest BCUT2D eigenvalue weighted by molar-refractivity contribution is -0.149. The molecule has 0 aromatic carbocycles. The van der Waals surface area contributed by atoms with Crippen molar-refractivity contribution in [1.29, 1.82) is 0 Å². The lowest BCUT2D eigenvalue weighted by Gasteiger charge is -2.22. The minimum atomic E-state index is 0.0693. The highest BCUT2D eigenvalue weighted by Gasteiger charge is 2.19. The highest BCUT2D eigenvalue weighted by atomic mass is 32.2. The predicted molar refractivity (Wildman–Crippen MR) is 225 cm³/mol. The zero-order valence-corrected chi connectivity index (χ0v) is 35.5. The summed E-state index contributed by atoms with van der Waals surface area (Å²) in [4.78, 5) is 27.9. The molecule has 1 N–H and O–H groups in total. The van der Waals surface area contributed by atoms with Gasteiger partial charge in [0.15, 0.2) is 5.12 Å². The van der Waals surface area contributed by atoms with E-state index >= 15 is 0 Å². The lowest BCUT2D eigenvalue weighted by atomic mass is 9.94. The molecule has 0 unspecified atom stereocenters. The minimum Gasteiger partial charge on any atom is -0.465 e. The molecular formula is C45H89NO4S. The SMILES string of the molecule is CCCCCCCCCC(=O)SCCCCCCN(CCCCCO)CCCCCCOC(=O)C(CCCCCCCC)CCCCCCCC. The second kappa shape index (κ2) is 42.2. The summed E-state index contributed by atoms with van der Waals surface area (Å²) in [5.41, 5.74) is 0. The molecule has 0 heterocycles. The van der Waals surface area contributed by atoms with Crippen LogP contribution in [0.4, 0.5) is 0 Å². The van der Waals surface area contributed by atoms with Crippen LogP contribution in [0.2, 0.25) is 0 Å². The van der Waals surface area contributed by atoms with Crippen LogP contribution in [-0.2, 0) is 14.3 Å². The highest BCUT2D eigenvalue weighted by Crippen LogP contribution is 2.21. The molecule has 0 spiro atoms. The topological polar surface area (TPSA) is 66.8 Å². The largest absolute Gasteiger partial charge is 0.465 e. The van der Waals surface area contributed by atoms with Gasteiger partial charge in [-0.15, -0.1) is 0 Å². The normalized spacial score (nSPS) is 11.6. The maximum Gasteiger partial charge on any atom is 0.308 e. The molecule has 0 fully saturated rings. The molecule has 0 bridgehead atoms. The smallest absolute Gasteiger partial charge is 0.308 e. The number of hydrogen-bond donors (Lipinski definition) is 1. The van der Waals surface area contributed by atoms with Crippen LogP contribution in [0.25, 0.3) is 0 Å². The van der Waals surface area contributed by atoms with Gasteiger partial charge in [0.1, 0.15) is 0 Å². The fourth-order valence-corrected chi connectivity index (χ4v) is 7.90. The second-order valence-corrected chi connectivity index (χ2v) is 16.7.